The van der Waals surface area contributed by atoms with Crippen LogP contribution in [-0.2, 0) is 5.11 Å². The quantitative estimate of drug-likeness (QED) is 0.685. The summed E-state index contributed by atoms with van der Waals surface area (Å²) >= 11 is 0. The van der Waals surface area contributed by atoms with Crippen molar-refractivity contribution < 1.29 is 14.7 Å². The van der Waals surface area contributed by atoms with Crippen LogP contribution in [-0.4, -0.2) is 11.8 Å². The number of hydrogen-bond donors (Lipinski definition) is 0. The number of fused-ring (bicyclic) bond motifs is 1. The molecule has 0 heterocycles. The topological polar surface area (TPSA) is 54.0 Å². The van der Waals surface area contributed by atoms with Gasteiger partial charge in [0.25, 0.3) is 0 Å². The summed E-state index contributed by atoms with van der Waals surface area (Å²) in [5, 5.41) is 12.8. The summed E-state index contributed by atoms with van der Waals surface area (Å²) in [5.74, 6) is -1.66. The van der Waals surface area contributed by atoms with E-state index < -0.39 is 5.97 Å². The lowest BCUT2D eigenvalue weighted by Gasteiger charge is -2.08. The zero-order valence-corrected chi connectivity index (χ0v) is 11.1. The third kappa shape index (κ3) is 2.30. The van der Waals surface area contributed by atoms with Crippen molar-refractivity contribution in [2.45, 2.75) is 0 Å². The summed E-state index contributed by atoms with van der Waals surface area (Å²) in [6.07, 6.45) is 0. The van der Waals surface area contributed by atoms with Gasteiger partial charge in [-0.25, -0.2) is 9.90 Å². The number of benzene rings is 3. The van der Waals surface area contributed by atoms with Gasteiger partial charge < -0.3 is 0 Å². The summed E-state index contributed by atoms with van der Waals surface area (Å²) in [5.41, 5.74) is 0.553. The van der Waals surface area contributed by atoms with Gasteiger partial charge in [0, 0.05) is 11.1 Å². The molecule has 0 aromatic heterocycles. The Morgan fingerprint density at radius 2 is 1.38 bits per heavy atom. The lowest BCUT2D eigenvalue weighted by atomic mass is 9.93. The molecular formula is C18H11O3. The molecule has 0 atom stereocenters. The van der Waals surface area contributed by atoms with E-state index in [4.69, 9.17) is 0 Å². The minimum absolute atomic E-state index is 0.0537. The lowest BCUT2D eigenvalue weighted by molar-refractivity contribution is 0.0572. The first-order valence-corrected chi connectivity index (χ1v) is 6.51. The Labute approximate surface area is 121 Å². The minimum Gasteiger partial charge on any atom is -0.289 e. The summed E-state index contributed by atoms with van der Waals surface area (Å²) in [7, 11) is 0. The molecule has 0 aliphatic carbocycles. The van der Waals surface area contributed by atoms with Gasteiger partial charge in [-0.2, -0.15) is 0 Å². The minimum atomic E-state index is -1.34. The molecule has 0 saturated carbocycles. The van der Waals surface area contributed by atoms with Crippen LogP contribution in [0.1, 0.15) is 26.3 Å². The second kappa shape index (κ2) is 5.21. The zero-order chi connectivity index (χ0) is 14.8. The fraction of sp³-hybridized carbons (Fsp3) is 0. The molecule has 101 valence electrons. The maximum absolute atomic E-state index is 12.5. The fourth-order valence-corrected chi connectivity index (χ4v) is 2.43. The second-order valence-corrected chi connectivity index (χ2v) is 4.69. The van der Waals surface area contributed by atoms with E-state index in [2.05, 4.69) is 0 Å². The Morgan fingerprint density at radius 1 is 0.714 bits per heavy atom. The van der Waals surface area contributed by atoms with Crippen LogP contribution in [0.15, 0.2) is 66.7 Å². The Morgan fingerprint density at radius 3 is 2.10 bits per heavy atom. The molecule has 0 aliphatic rings. The predicted molar refractivity (Wildman–Crippen MR) is 78.8 cm³/mol. The molecule has 3 heteroatoms. The lowest BCUT2D eigenvalue weighted by Crippen LogP contribution is -2.09. The van der Waals surface area contributed by atoms with E-state index in [0.29, 0.717) is 10.9 Å². The molecule has 3 aromatic carbocycles. The standard InChI is InChI=1S/C18H11O3/c19-17(13-7-2-1-3-8-13)15-11-10-12-6-4-5-9-14(12)16(15)18(20)21/h1-11H. The van der Waals surface area contributed by atoms with Gasteiger partial charge in [-0.15, -0.1) is 0 Å². The van der Waals surface area contributed by atoms with Crippen molar-refractivity contribution in [2.24, 2.45) is 0 Å². The highest BCUT2D eigenvalue weighted by atomic mass is 16.4. The average molecular weight is 275 g/mol. The van der Waals surface area contributed by atoms with E-state index in [1.807, 2.05) is 6.07 Å². The maximum atomic E-state index is 12.5. The molecule has 0 amide bonds. The van der Waals surface area contributed by atoms with Crippen molar-refractivity contribution in [3.8, 4) is 0 Å². The van der Waals surface area contributed by atoms with Gasteiger partial charge in [0.05, 0.1) is 5.56 Å². The van der Waals surface area contributed by atoms with Crippen LogP contribution in [0.2, 0.25) is 0 Å². The first kappa shape index (κ1) is 13.1. The normalized spacial score (nSPS) is 10.5. The Bertz CT molecular complexity index is 835. The van der Waals surface area contributed by atoms with E-state index in [1.54, 1.807) is 60.7 Å². The smallest absolute Gasteiger partial charge is 0.289 e. The van der Waals surface area contributed by atoms with E-state index in [0.717, 1.165) is 5.39 Å². The number of carbonyl (C=O) groups is 2. The molecule has 0 saturated heterocycles. The first-order chi connectivity index (χ1) is 10.2. The van der Waals surface area contributed by atoms with Gasteiger partial charge in [0.15, 0.2) is 5.78 Å². The SMILES string of the molecule is [O]C(=O)c1c(C(=O)c2ccccc2)ccc2ccccc12. The van der Waals surface area contributed by atoms with Crippen molar-refractivity contribution in [3.05, 3.63) is 83.4 Å². The molecule has 0 unspecified atom stereocenters. The van der Waals surface area contributed by atoms with E-state index in [9.17, 15) is 14.7 Å². The molecule has 1 radical (unpaired) electrons. The van der Waals surface area contributed by atoms with E-state index in [1.165, 1.54) is 0 Å². The molecule has 0 N–H and O–H groups in total. The Kier molecular flexibility index (Phi) is 3.24. The van der Waals surface area contributed by atoms with Crippen LogP contribution in [0.4, 0.5) is 0 Å². The molecule has 3 rings (SSSR count). The van der Waals surface area contributed by atoms with Crippen molar-refractivity contribution in [3.63, 3.8) is 0 Å². The number of ketones is 1. The monoisotopic (exact) mass is 275 g/mol. The number of hydrogen-bond acceptors (Lipinski definition) is 2. The van der Waals surface area contributed by atoms with E-state index in [-0.39, 0.29) is 16.9 Å². The number of rotatable bonds is 3. The van der Waals surface area contributed by atoms with Crippen molar-refractivity contribution in [1.82, 2.24) is 0 Å². The average Bonchev–Trinajstić information content (AvgIpc) is 2.53. The maximum Gasteiger partial charge on any atom is 0.387 e. The Balaban J connectivity index is 2.26. The van der Waals surface area contributed by atoms with Gasteiger partial charge in [0.2, 0.25) is 0 Å². The van der Waals surface area contributed by atoms with Crippen molar-refractivity contribution in [2.75, 3.05) is 0 Å². The molecular weight excluding hydrogens is 264 g/mol. The van der Waals surface area contributed by atoms with Gasteiger partial charge in [-0.1, -0.05) is 60.7 Å². The largest absolute Gasteiger partial charge is 0.387 e. The molecule has 3 nitrogen and oxygen atoms in total. The van der Waals surface area contributed by atoms with Gasteiger partial charge >= 0.3 is 5.97 Å². The first-order valence-electron chi connectivity index (χ1n) is 6.51. The van der Waals surface area contributed by atoms with E-state index >= 15 is 0 Å². The Hall–Kier alpha value is -2.94. The number of carbonyl (C=O) groups excluding carboxylic acids is 2. The van der Waals surface area contributed by atoms with Crippen LogP contribution in [0.5, 0.6) is 0 Å². The summed E-state index contributed by atoms with van der Waals surface area (Å²) in [6.45, 7) is 0. The third-order valence-corrected chi connectivity index (χ3v) is 3.41. The molecule has 0 spiro atoms. The van der Waals surface area contributed by atoms with Crippen LogP contribution in [0.3, 0.4) is 0 Å². The predicted octanol–water partition coefficient (Wildman–Crippen LogP) is 3.64. The van der Waals surface area contributed by atoms with Crippen LogP contribution in [0, 0.1) is 0 Å². The second-order valence-electron chi connectivity index (χ2n) is 4.69. The summed E-state index contributed by atoms with van der Waals surface area (Å²) < 4.78 is 0. The van der Waals surface area contributed by atoms with Gasteiger partial charge in [0.1, 0.15) is 0 Å². The molecule has 3 aromatic rings. The third-order valence-electron chi connectivity index (χ3n) is 3.41. The van der Waals surface area contributed by atoms with Crippen molar-refractivity contribution >= 4 is 22.5 Å². The van der Waals surface area contributed by atoms with Gasteiger partial charge in [-0.05, 0) is 16.8 Å². The van der Waals surface area contributed by atoms with Crippen LogP contribution in [0.25, 0.3) is 10.8 Å². The molecule has 0 bridgehead atoms. The molecule has 0 fully saturated rings. The highest BCUT2D eigenvalue weighted by Gasteiger charge is 2.21. The summed E-state index contributed by atoms with van der Waals surface area (Å²) in [6, 6.07) is 19.0. The van der Waals surface area contributed by atoms with Crippen molar-refractivity contribution in [1.29, 1.82) is 0 Å². The zero-order valence-electron chi connectivity index (χ0n) is 11.1. The van der Waals surface area contributed by atoms with Crippen LogP contribution >= 0.6 is 0 Å². The van der Waals surface area contributed by atoms with Gasteiger partial charge in [-0.3, -0.25) is 4.79 Å². The van der Waals surface area contributed by atoms with Crippen LogP contribution < -0.4 is 0 Å². The fourth-order valence-electron chi connectivity index (χ4n) is 2.43. The highest BCUT2D eigenvalue weighted by molar-refractivity contribution is 6.18. The molecule has 0 aliphatic heterocycles. The molecule has 21 heavy (non-hydrogen) atoms. The highest BCUT2D eigenvalue weighted by Crippen LogP contribution is 2.24. The summed E-state index contributed by atoms with van der Waals surface area (Å²) in [4.78, 5) is 24.0.